The minimum Gasteiger partial charge on any atom is -0.480 e. The highest BCUT2D eigenvalue weighted by molar-refractivity contribution is 7.98. The van der Waals surface area contributed by atoms with Gasteiger partial charge in [0, 0.05) is 10.9 Å². The van der Waals surface area contributed by atoms with E-state index in [1.807, 2.05) is 49.4 Å². The van der Waals surface area contributed by atoms with Gasteiger partial charge in [-0.25, -0.2) is 0 Å². The number of carboxylic acids is 1. The fraction of sp³-hybridized carbons (Fsp3) is 0.316. The Morgan fingerprint density at radius 1 is 1.09 bits per heavy atom. The van der Waals surface area contributed by atoms with E-state index in [1.54, 1.807) is 11.8 Å². The average molecular weight is 329 g/mol. The van der Waals surface area contributed by atoms with Crippen LogP contribution in [0.3, 0.4) is 0 Å². The van der Waals surface area contributed by atoms with Gasteiger partial charge in [-0.15, -0.1) is 11.8 Å². The molecule has 0 radical (unpaired) electrons. The molecule has 0 aliphatic carbocycles. The number of nitrogens with one attached hydrogen (secondary N) is 1. The molecule has 4 heteroatoms. The largest absolute Gasteiger partial charge is 0.480 e. The topological polar surface area (TPSA) is 49.3 Å². The molecule has 2 N–H and O–H groups in total. The normalized spacial score (nSPS) is 13.5. The van der Waals surface area contributed by atoms with Crippen LogP contribution in [0.1, 0.15) is 18.1 Å². The van der Waals surface area contributed by atoms with E-state index in [2.05, 4.69) is 23.7 Å². The fourth-order valence-electron chi connectivity index (χ4n) is 2.67. The van der Waals surface area contributed by atoms with Crippen LogP contribution in [0.25, 0.3) is 0 Å². The molecule has 2 aromatic rings. The summed E-state index contributed by atoms with van der Waals surface area (Å²) in [6, 6.07) is 17.5. The molecule has 0 amide bonds. The molecule has 0 spiro atoms. The zero-order valence-electron chi connectivity index (χ0n) is 13.5. The first-order valence-corrected chi connectivity index (χ1v) is 8.97. The summed E-state index contributed by atoms with van der Waals surface area (Å²) < 4.78 is 0. The van der Waals surface area contributed by atoms with E-state index in [9.17, 15) is 9.90 Å². The molecule has 0 aliphatic rings. The lowest BCUT2D eigenvalue weighted by Crippen LogP contribution is -2.44. The molecule has 0 fully saturated rings. The SMILES string of the molecule is CSc1ccccc1CC(C)N[C@@H](Cc1ccccc1)C(=O)O. The van der Waals surface area contributed by atoms with Crippen molar-refractivity contribution >= 4 is 17.7 Å². The smallest absolute Gasteiger partial charge is 0.321 e. The van der Waals surface area contributed by atoms with Crippen molar-refractivity contribution in [2.75, 3.05) is 6.26 Å². The first-order chi connectivity index (χ1) is 11.1. The lowest BCUT2D eigenvalue weighted by atomic mass is 10.0. The van der Waals surface area contributed by atoms with Gasteiger partial charge < -0.3 is 10.4 Å². The van der Waals surface area contributed by atoms with Crippen LogP contribution < -0.4 is 5.32 Å². The Hall–Kier alpha value is -1.78. The van der Waals surface area contributed by atoms with Gasteiger partial charge in [-0.3, -0.25) is 4.79 Å². The van der Waals surface area contributed by atoms with Gasteiger partial charge in [0.15, 0.2) is 0 Å². The third kappa shape index (κ3) is 5.41. The minimum absolute atomic E-state index is 0.0908. The van der Waals surface area contributed by atoms with E-state index in [1.165, 1.54) is 10.5 Å². The van der Waals surface area contributed by atoms with Gasteiger partial charge in [0.1, 0.15) is 6.04 Å². The van der Waals surface area contributed by atoms with Crippen LogP contribution in [0.5, 0.6) is 0 Å². The van der Waals surface area contributed by atoms with E-state index >= 15 is 0 Å². The number of hydrogen-bond donors (Lipinski definition) is 2. The van der Waals surface area contributed by atoms with E-state index in [4.69, 9.17) is 0 Å². The van der Waals surface area contributed by atoms with Crippen molar-refractivity contribution in [1.82, 2.24) is 5.32 Å². The maximum Gasteiger partial charge on any atom is 0.321 e. The van der Waals surface area contributed by atoms with Crippen molar-refractivity contribution in [3.05, 3.63) is 65.7 Å². The first-order valence-electron chi connectivity index (χ1n) is 7.75. The molecule has 2 atom stereocenters. The second-order valence-corrected chi connectivity index (χ2v) is 6.51. The van der Waals surface area contributed by atoms with Crippen molar-refractivity contribution in [2.24, 2.45) is 0 Å². The van der Waals surface area contributed by atoms with Crippen LogP contribution in [-0.4, -0.2) is 29.4 Å². The maximum absolute atomic E-state index is 11.5. The maximum atomic E-state index is 11.5. The van der Waals surface area contributed by atoms with Crippen molar-refractivity contribution in [3.63, 3.8) is 0 Å². The number of thioether (sulfide) groups is 1. The summed E-state index contributed by atoms with van der Waals surface area (Å²) in [5.41, 5.74) is 2.29. The highest BCUT2D eigenvalue weighted by Gasteiger charge is 2.20. The van der Waals surface area contributed by atoms with Gasteiger partial charge in [-0.2, -0.15) is 0 Å². The third-order valence-electron chi connectivity index (χ3n) is 3.79. The summed E-state index contributed by atoms with van der Waals surface area (Å²) in [6.07, 6.45) is 3.37. The fourth-order valence-corrected chi connectivity index (χ4v) is 3.30. The van der Waals surface area contributed by atoms with Crippen LogP contribution in [0.2, 0.25) is 0 Å². The van der Waals surface area contributed by atoms with Gasteiger partial charge in [-0.1, -0.05) is 48.5 Å². The number of rotatable bonds is 8. The molecule has 0 aliphatic heterocycles. The predicted octanol–water partition coefficient (Wildman–Crippen LogP) is 3.63. The van der Waals surface area contributed by atoms with Crippen molar-refractivity contribution in [1.29, 1.82) is 0 Å². The summed E-state index contributed by atoms with van der Waals surface area (Å²) in [4.78, 5) is 12.8. The van der Waals surface area contributed by atoms with E-state index in [0.717, 1.165) is 12.0 Å². The molecular weight excluding hydrogens is 306 g/mol. The van der Waals surface area contributed by atoms with Crippen LogP contribution in [0.15, 0.2) is 59.5 Å². The zero-order valence-corrected chi connectivity index (χ0v) is 14.3. The summed E-state index contributed by atoms with van der Waals surface area (Å²) in [5, 5.41) is 12.7. The number of benzene rings is 2. The van der Waals surface area contributed by atoms with Crippen molar-refractivity contribution in [2.45, 2.75) is 36.7 Å². The standard InChI is InChI=1S/C19H23NO2S/c1-14(12-16-10-6-7-11-18(16)23-2)20-17(19(21)22)13-15-8-4-3-5-9-15/h3-11,14,17,20H,12-13H2,1-2H3,(H,21,22)/t14?,17-/m0/s1. The number of carboxylic acid groups (broad SMARTS) is 1. The Bertz CT molecular complexity index is 630. The average Bonchev–Trinajstić information content (AvgIpc) is 2.55. The second-order valence-electron chi connectivity index (χ2n) is 5.66. The van der Waals surface area contributed by atoms with E-state index in [-0.39, 0.29) is 6.04 Å². The summed E-state index contributed by atoms with van der Waals surface area (Å²) in [6.45, 7) is 2.04. The van der Waals surface area contributed by atoms with Gasteiger partial charge in [0.05, 0.1) is 0 Å². The lowest BCUT2D eigenvalue weighted by molar-refractivity contribution is -0.139. The summed E-state index contributed by atoms with van der Waals surface area (Å²) in [5.74, 6) is -0.807. The molecule has 0 saturated carbocycles. The highest BCUT2D eigenvalue weighted by Crippen LogP contribution is 2.21. The minimum atomic E-state index is -0.807. The molecular formula is C19H23NO2S. The Morgan fingerprint density at radius 3 is 2.39 bits per heavy atom. The van der Waals surface area contributed by atoms with Crippen molar-refractivity contribution in [3.8, 4) is 0 Å². The Morgan fingerprint density at radius 2 is 1.74 bits per heavy atom. The molecule has 3 nitrogen and oxygen atoms in total. The van der Waals surface area contributed by atoms with Gasteiger partial charge >= 0.3 is 5.97 Å². The van der Waals surface area contributed by atoms with E-state index < -0.39 is 12.0 Å². The first kappa shape index (κ1) is 17.6. The monoisotopic (exact) mass is 329 g/mol. The number of hydrogen-bond acceptors (Lipinski definition) is 3. The quantitative estimate of drug-likeness (QED) is 0.726. The summed E-state index contributed by atoms with van der Waals surface area (Å²) in [7, 11) is 0. The van der Waals surface area contributed by atoms with Gasteiger partial charge in [0.25, 0.3) is 0 Å². The molecule has 0 bridgehead atoms. The zero-order chi connectivity index (χ0) is 16.7. The Labute approximate surface area is 142 Å². The Balaban J connectivity index is 2.00. The number of carbonyl (C=O) groups is 1. The van der Waals surface area contributed by atoms with Crippen LogP contribution in [0.4, 0.5) is 0 Å². The predicted molar refractivity (Wildman–Crippen MR) is 96.1 cm³/mol. The molecule has 0 saturated heterocycles. The molecule has 0 heterocycles. The molecule has 1 unspecified atom stereocenters. The van der Waals surface area contributed by atoms with Crippen LogP contribution in [-0.2, 0) is 17.6 Å². The molecule has 23 heavy (non-hydrogen) atoms. The van der Waals surface area contributed by atoms with Gasteiger partial charge in [0.2, 0.25) is 0 Å². The van der Waals surface area contributed by atoms with Gasteiger partial charge in [-0.05, 0) is 43.2 Å². The highest BCUT2D eigenvalue weighted by atomic mass is 32.2. The van der Waals surface area contributed by atoms with Crippen LogP contribution >= 0.6 is 11.8 Å². The third-order valence-corrected chi connectivity index (χ3v) is 4.62. The molecule has 2 aromatic carbocycles. The molecule has 0 aromatic heterocycles. The lowest BCUT2D eigenvalue weighted by Gasteiger charge is -2.21. The van der Waals surface area contributed by atoms with Crippen LogP contribution in [0, 0.1) is 0 Å². The van der Waals surface area contributed by atoms with E-state index in [0.29, 0.717) is 6.42 Å². The summed E-state index contributed by atoms with van der Waals surface area (Å²) >= 11 is 1.72. The molecule has 2 rings (SSSR count). The van der Waals surface area contributed by atoms with Crippen molar-refractivity contribution < 1.29 is 9.90 Å². The number of aliphatic carboxylic acids is 1. The Kier molecular flexibility index (Phi) is 6.68. The molecule has 122 valence electrons. The second kappa shape index (κ2) is 8.75.